The summed E-state index contributed by atoms with van der Waals surface area (Å²) in [4.78, 5) is 6.02. The van der Waals surface area contributed by atoms with Crippen LogP contribution in [0.5, 0.6) is 0 Å². The number of rotatable bonds is 10. The van der Waals surface area contributed by atoms with Crippen molar-refractivity contribution in [3.63, 3.8) is 0 Å². The first kappa shape index (κ1) is 30.6. The first-order chi connectivity index (χ1) is 22.7. The third-order valence-electron chi connectivity index (χ3n) is 7.08. The van der Waals surface area contributed by atoms with Crippen molar-refractivity contribution in [3.8, 4) is 0 Å². The Labute approximate surface area is 278 Å². The van der Waals surface area contributed by atoms with Crippen LogP contribution in [0.3, 0.4) is 0 Å². The predicted molar refractivity (Wildman–Crippen MR) is 196 cm³/mol. The highest BCUT2D eigenvalue weighted by molar-refractivity contribution is 7.99. The normalized spacial score (nSPS) is 14.7. The number of thioether (sulfide) groups is 1. The number of hydrogen-bond donors (Lipinski definition) is 5. The van der Waals surface area contributed by atoms with Crippen LogP contribution in [-0.2, 0) is 0 Å². The largest absolute Gasteiger partial charge is 0.332 e. The standard InChI is InChI=1S/C37H33N7S2/c45-37(39-30-21-11-4-12-22-30)40-31-23-13-14-24-33(31)46-32(27-15-5-1-6-16-27)25-26-38-43-36-41-34(28-17-7-2-8-18-28)35(42-44-36)29-19-9-3-10-20-29/h1-26,32,34,38H,(H2,39,40,45)(H2,41,43,44)/b26-25+/t32-,34-/m0/s1. The molecular weight excluding hydrogens is 607 g/mol. The number of nitrogens with one attached hydrogen (secondary N) is 5. The smallest absolute Gasteiger partial charge is 0.232 e. The van der Waals surface area contributed by atoms with E-state index in [1.807, 2.05) is 109 Å². The van der Waals surface area contributed by atoms with E-state index in [0.29, 0.717) is 11.1 Å². The molecule has 0 aliphatic carbocycles. The summed E-state index contributed by atoms with van der Waals surface area (Å²) >= 11 is 7.34. The van der Waals surface area contributed by atoms with E-state index in [4.69, 9.17) is 22.3 Å². The topological polar surface area (TPSA) is 84.9 Å². The molecule has 0 unspecified atom stereocenters. The fraction of sp³-hybridized carbons (Fsp3) is 0.0541. The summed E-state index contributed by atoms with van der Waals surface area (Å²) in [7, 11) is 0. The third kappa shape index (κ3) is 8.20. The van der Waals surface area contributed by atoms with Gasteiger partial charge in [0, 0.05) is 22.3 Å². The summed E-state index contributed by atoms with van der Waals surface area (Å²) in [6.45, 7) is 0. The van der Waals surface area contributed by atoms with E-state index < -0.39 is 0 Å². The Balaban J connectivity index is 1.15. The van der Waals surface area contributed by atoms with Crippen LogP contribution in [0.1, 0.15) is 28.0 Å². The lowest BCUT2D eigenvalue weighted by Crippen LogP contribution is -2.44. The molecule has 9 heteroatoms. The van der Waals surface area contributed by atoms with Crippen molar-refractivity contribution in [2.24, 2.45) is 10.1 Å². The number of nitrogens with zero attached hydrogens (tertiary/aromatic N) is 2. The van der Waals surface area contributed by atoms with Crippen molar-refractivity contribution in [1.29, 1.82) is 0 Å². The molecule has 0 saturated carbocycles. The van der Waals surface area contributed by atoms with Gasteiger partial charge in [-0.05, 0) is 53.7 Å². The maximum Gasteiger partial charge on any atom is 0.232 e. The quantitative estimate of drug-likeness (QED) is 0.0601. The van der Waals surface area contributed by atoms with Crippen molar-refractivity contribution in [2.75, 3.05) is 10.6 Å². The van der Waals surface area contributed by atoms with E-state index in [0.717, 1.165) is 33.1 Å². The van der Waals surface area contributed by atoms with Gasteiger partial charge in [-0.25, -0.2) is 10.4 Å². The molecular formula is C37H33N7S2. The number of hydrazone groups is 1. The molecule has 6 rings (SSSR count). The molecule has 7 nitrogen and oxygen atoms in total. The molecule has 0 spiro atoms. The summed E-state index contributed by atoms with van der Waals surface area (Å²) in [6.07, 6.45) is 4.00. The number of para-hydroxylation sites is 2. The zero-order valence-corrected chi connectivity index (χ0v) is 26.5. The second-order valence-corrected chi connectivity index (χ2v) is 11.9. The first-order valence-corrected chi connectivity index (χ1v) is 16.2. The number of hydrogen-bond acceptors (Lipinski definition) is 7. The highest BCUT2D eigenvalue weighted by Crippen LogP contribution is 2.40. The molecule has 1 heterocycles. The number of aliphatic imine (C=N–C) groups is 1. The van der Waals surface area contributed by atoms with Gasteiger partial charge in [-0.2, -0.15) is 5.10 Å². The number of guanidine groups is 1. The molecule has 1 aliphatic rings. The highest BCUT2D eigenvalue weighted by Gasteiger charge is 2.24. The lowest BCUT2D eigenvalue weighted by atomic mass is 9.97. The first-order valence-electron chi connectivity index (χ1n) is 14.9. The van der Waals surface area contributed by atoms with E-state index in [1.54, 1.807) is 11.8 Å². The van der Waals surface area contributed by atoms with E-state index in [-0.39, 0.29) is 11.3 Å². The van der Waals surface area contributed by atoms with E-state index in [2.05, 4.69) is 75.5 Å². The third-order valence-corrected chi connectivity index (χ3v) is 8.58. The Morgan fingerprint density at radius 3 is 2.11 bits per heavy atom. The average molecular weight is 640 g/mol. The molecule has 0 amide bonds. The van der Waals surface area contributed by atoms with Crippen molar-refractivity contribution < 1.29 is 0 Å². The molecule has 5 aromatic carbocycles. The minimum atomic E-state index is -0.253. The van der Waals surface area contributed by atoms with Crippen molar-refractivity contribution in [3.05, 3.63) is 175 Å². The molecule has 5 N–H and O–H groups in total. The zero-order chi connectivity index (χ0) is 31.4. The lowest BCUT2D eigenvalue weighted by molar-refractivity contribution is 0.735. The van der Waals surface area contributed by atoms with Crippen LogP contribution in [-0.4, -0.2) is 16.8 Å². The maximum absolute atomic E-state index is 5.62. The molecule has 0 radical (unpaired) electrons. The SMILES string of the molecule is S=C(Nc1ccccc1)Nc1ccccc1S[C@@H](/C=C/NNC1=N[C@@H](c2ccccc2)C(c2ccccc2)=NN1)c1ccccc1. The van der Waals surface area contributed by atoms with E-state index >= 15 is 0 Å². The molecule has 0 aromatic heterocycles. The van der Waals surface area contributed by atoms with Crippen LogP contribution in [0, 0.1) is 0 Å². The maximum atomic E-state index is 5.62. The van der Waals surface area contributed by atoms with Crippen LogP contribution in [0.15, 0.2) is 173 Å². The monoisotopic (exact) mass is 639 g/mol. The van der Waals surface area contributed by atoms with Crippen LogP contribution in [0.25, 0.3) is 0 Å². The Kier molecular flexibility index (Phi) is 10.4. The van der Waals surface area contributed by atoms with Gasteiger partial charge in [0.15, 0.2) is 5.11 Å². The number of hydrazine groups is 1. The van der Waals surface area contributed by atoms with Gasteiger partial charge in [0.25, 0.3) is 0 Å². The Hall–Kier alpha value is -5.38. The minimum absolute atomic E-state index is 0.00938. The van der Waals surface area contributed by atoms with Crippen LogP contribution >= 0.6 is 24.0 Å². The number of benzene rings is 5. The molecule has 5 aromatic rings. The van der Waals surface area contributed by atoms with Crippen LogP contribution in [0.2, 0.25) is 0 Å². The number of thiocarbonyl (C=S) groups is 1. The summed E-state index contributed by atoms with van der Waals surface area (Å²) in [5.74, 6) is 0.524. The van der Waals surface area contributed by atoms with E-state index in [1.165, 1.54) is 5.56 Å². The Bertz CT molecular complexity index is 1810. The Morgan fingerprint density at radius 2 is 1.37 bits per heavy atom. The highest BCUT2D eigenvalue weighted by atomic mass is 32.2. The van der Waals surface area contributed by atoms with Gasteiger partial charge in [-0.1, -0.05) is 121 Å². The average Bonchev–Trinajstić information content (AvgIpc) is 3.12. The molecule has 228 valence electrons. The molecule has 0 bridgehead atoms. The van der Waals surface area contributed by atoms with Gasteiger partial charge in [0.2, 0.25) is 5.96 Å². The fourth-order valence-corrected chi connectivity index (χ4v) is 6.23. The molecule has 0 saturated heterocycles. The fourth-order valence-electron chi connectivity index (χ4n) is 4.88. The molecule has 2 atom stereocenters. The predicted octanol–water partition coefficient (Wildman–Crippen LogP) is 8.04. The Morgan fingerprint density at radius 1 is 0.739 bits per heavy atom. The summed E-state index contributed by atoms with van der Waals surface area (Å²) in [5.41, 5.74) is 15.4. The minimum Gasteiger partial charge on any atom is -0.332 e. The van der Waals surface area contributed by atoms with Crippen LogP contribution < -0.4 is 26.9 Å². The van der Waals surface area contributed by atoms with Gasteiger partial charge >= 0.3 is 0 Å². The van der Waals surface area contributed by atoms with Crippen molar-refractivity contribution in [1.82, 2.24) is 16.3 Å². The molecule has 1 aliphatic heterocycles. The lowest BCUT2D eigenvalue weighted by Gasteiger charge is -2.23. The van der Waals surface area contributed by atoms with Gasteiger partial charge in [0.1, 0.15) is 6.04 Å². The van der Waals surface area contributed by atoms with Crippen molar-refractivity contribution in [2.45, 2.75) is 16.2 Å². The number of anilines is 2. The summed E-state index contributed by atoms with van der Waals surface area (Å²) < 4.78 is 0. The van der Waals surface area contributed by atoms with E-state index in [9.17, 15) is 0 Å². The summed E-state index contributed by atoms with van der Waals surface area (Å²) in [5, 5.41) is 11.9. The summed E-state index contributed by atoms with van der Waals surface area (Å²) in [6, 6.07) is 48.5. The zero-order valence-electron chi connectivity index (χ0n) is 24.9. The second-order valence-electron chi connectivity index (χ2n) is 10.3. The molecule has 0 fully saturated rings. The van der Waals surface area contributed by atoms with Crippen molar-refractivity contribution >= 4 is 52.1 Å². The van der Waals surface area contributed by atoms with Gasteiger partial charge in [0.05, 0.1) is 16.6 Å². The van der Waals surface area contributed by atoms with Gasteiger partial charge in [-0.3, -0.25) is 5.43 Å². The van der Waals surface area contributed by atoms with Gasteiger partial charge in [-0.15, -0.1) is 11.8 Å². The molecule has 46 heavy (non-hydrogen) atoms. The van der Waals surface area contributed by atoms with Crippen LogP contribution in [0.4, 0.5) is 11.4 Å². The van der Waals surface area contributed by atoms with Gasteiger partial charge < -0.3 is 16.1 Å². The second kappa shape index (κ2) is 15.6.